The lowest BCUT2D eigenvalue weighted by Gasteiger charge is -2.36. The van der Waals surface area contributed by atoms with Gasteiger partial charge < -0.3 is 14.8 Å². The summed E-state index contributed by atoms with van der Waals surface area (Å²) in [5, 5.41) is 3.61. The number of hydrogen-bond acceptors (Lipinski definition) is 4. The Morgan fingerprint density at radius 3 is 3.05 bits per heavy atom. The van der Waals surface area contributed by atoms with Gasteiger partial charge in [0.05, 0.1) is 0 Å². The van der Waals surface area contributed by atoms with Gasteiger partial charge >= 0.3 is 0 Å². The molecule has 2 fully saturated rings. The van der Waals surface area contributed by atoms with Crippen molar-refractivity contribution in [3.63, 3.8) is 0 Å². The van der Waals surface area contributed by atoms with Gasteiger partial charge in [-0.25, -0.2) is 4.98 Å². The first-order chi connectivity index (χ1) is 10.3. The summed E-state index contributed by atoms with van der Waals surface area (Å²) in [6.07, 6.45) is 9.53. The van der Waals surface area contributed by atoms with Crippen LogP contribution < -0.4 is 15.8 Å². The molecule has 0 spiro atoms. The van der Waals surface area contributed by atoms with Crippen LogP contribution in [0.1, 0.15) is 39.0 Å². The first-order valence-corrected chi connectivity index (χ1v) is 8.33. The summed E-state index contributed by atoms with van der Waals surface area (Å²) in [6, 6.07) is 0.634. The lowest BCUT2D eigenvalue weighted by molar-refractivity contribution is 0.327. The molecule has 1 N–H and O–H groups in total. The maximum absolute atomic E-state index is 12.5. The maximum atomic E-state index is 12.5. The summed E-state index contributed by atoms with van der Waals surface area (Å²) in [4.78, 5) is 19.1. The van der Waals surface area contributed by atoms with Gasteiger partial charge in [-0.15, -0.1) is 0 Å². The summed E-state index contributed by atoms with van der Waals surface area (Å²) in [5.74, 6) is 1.30. The van der Waals surface area contributed by atoms with Gasteiger partial charge in [0.1, 0.15) is 0 Å². The van der Waals surface area contributed by atoms with Crippen LogP contribution in [0.25, 0.3) is 0 Å². The predicted molar refractivity (Wildman–Crippen MR) is 84.7 cm³/mol. The zero-order chi connectivity index (χ0) is 14.7. The minimum absolute atomic E-state index is 0.0689. The molecule has 0 aromatic carbocycles. The Morgan fingerprint density at radius 1 is 1.38 bits per heavy atom. The molecule has 2 saturated heterocycles. The number of piperidine rings is 1. The first kappa shape index (κ1) is 14.6. The van der Waals surface area contributed by atoms with E-state index in [2.05, 4.69) is 22.1 Å². The molecule has 2 aliphatic heterocycles. The van der Waals surface area contributed by atoms with E-state index in [0.29, 0.717) is 17.8 Å². The number of aromatic nitrogens is 2. The molecule has 0 saturated carbocycles. The molecular weight excluding hydrogens is 264 g/mol. The van der Waals surface area contributed by atoms with Crippen LogP contribution >= 0.6 is 0 Å². The Kier molecular flexibility index (Phi) is 4.58. The third-order valence-corrected chi connectivity index (χ3v) is 4.78. The summed E-state index contributed by atoms with van der Waals surface area (Å²) in [5.41, 5.74) is 0.0689. The highest BCUT2D eigenvalue weighted by atomic mass is 16.1. The molecule has 1 aromatic heterocycles. The molecule has 3 heterocycles. The molecular formula is C16H26N4O. The van der Waals surface area contributed by atoms with E-state index >= 15 is 0 Å². The van der Waals surface area contributed by atoms with E-state index < -0.39 is 0 Å². The Balaban J connectivity index is 1.76. The molecule has 0 aliphatic carbocycles. The second kappa shape index (κ2) is 6.60. The van der Waals surface area contributed by atoms with E-state index in [4.69, 9.17) is 0 Å². The van der Waals surface area contributed by atoms with E-state index in [-0.39, 0.29) is 5.56 Å². The fourth-order valence-electron chi connectivity index (χ4n) is 3.71. The Bertz CT molecular complexity index is 521. The molecule has 2 unspecified atom stereocenters. The Hall–Kier alpha value is -1.36. The standard InChI is InChI=1S/C16H26N4O/c1-2-9-19-11-8-18-15(16(19)21)20-10-4-5-13(12-20)14-6-3-7-17-14/h8,11,13-14,17H,2-7,9-10,12H2,1H3. The highest BCUT2D eigenvalue weighted by Gasteiger charge is 2.30. The van der Waals surface area contributed by atoms with E-state index in [9.17, 15) is 4.79 Å². The zero-order valence-electron chi connectivity index (χ0n) is 12.9. The van der Waals surface area contributed by atoms with Crippen LogP contribution in [0, 0.1) is 5.92 Å². The topological polar surface area (TPSA) is 50.2 Å². The Labute approximate surface area is 126 Å². The van der Waals surface area contributed by atoms with Crippen molar-refractivity contribution < 1.29 is 0 Å². The van der Waals surface area contributed by atoms with Crippen molar-refractivity contribution >= 4 is 5.82 Å². The normalized spacial score (nSPS) is 26.2. The number of nitrogens with zero attached hydrogens (tertiary/aromatic N) is 3. The van der Waals surface area contributed by atoms with Gasteiger partial charge in [-0.2, -0.15) is 0 Å². The second-order valence-electron chi connectivity index (χ2n) is 6.30. The van der Waals surface area contributed by atoms with E-state index in [0.717, 1.165) is 39.0 Å². The number of aryl methyl sites for hydroxylation is 1. The molecule has 2 aliphatic rings. The summed E-state index contributed by atoms with van der Waals surface area (Å²) >= 11 is 0. The highest BCUT2D eigenvalue weighted by Crippen LogP contribution is 2.26. The molecule has 0 radical (unpaired) electrons. The molecule has 116 valence electrons. The van der Waals surface area contributed by atoms with Gasteiger partial charge in [0.25, 0.3) is 5.56 Å². The maximum Gasteiger partial charge on any atom is 0.293 e. The van der Waals surface area contributed by atoms with Gasteiger partial charge in [0.2, 0.25) is 0 Å². The Morgan fingerprint density at radius 2 is 2.29 bits per heavy atom. The molecule has 0 bridgehead atoms. The largest absolute Gasteiger partial charge is 0.352 e. The molecule has 3 rings (SSSR count). The third-order valence-electron chi connectivity index (χ3n) is 4.78. The smallest absolute Gasteiger partial charge is 0.293 e. The van der Waals surface area contributed by atoms with Crippen LogP contribution in [-0.4, -0.2) is 35.2 Å². The monoisotopic (exact) mass is 290 g/mol. The van der Waals surface area contributed by atoms with Crippen molar-refractivity contribution in [2.24, 2.45) is 5.92 Å². The fourth-order valence-corrected chi connectivity index (χ4v) is 3.71. The van der Waals surface area contributed by atoms with Gasteiger partial charge in [0.15, 0.2) is 5.82 Å². The minimum atomic E-state index is 0.0689. The molecule has 0 amide bonds. The molecule has 21 heavy (non-hydrogen) atoms. The lowest BCUT2D eigenvalue weighted by Crippen LogP contribution is -2.46. The van der Waals surface area contributed by atoms with Gasteiger partial charge in [-0.05, 0) is 44.6 Å². The molecule has 1 aromatic rings. The van der Waals surface area contributed by atoms with E-state index in [1.54, 1.807) is 17.0 Å². The molecule has 5 nitrogen and oxygen atoms in total. The van der Waals surface area contributed by atoms with Gasteiger partial charge in [0, 0.05) is 38.1 Å². The highest BCUT2D eigenvalue weighted by molar-refractivity contribution is 5.36. The summed E-state index contributed by atoms with van der Waals surface area (Å²) in [7, 11) is 0. The van der Waals surface area contributed by atoms with Crippen molar-refractivity contribution in [3.8, 4) is 0 Å². The van der Waals surface area contributed by atoms with E-state index in [1.807, 2.05) is 0 Å². The summed E-state index contributed by atoms with van der Waals surface area (Å²) in [6.45, 7) is 5.94. The van der Waals surface area contributed by atoms with Crippen LogP contribution in [0.2, 0.25) is 0 Å². The van der Waals surface area contributed by atoms with Crippen molar-refractivity contribution in [3.05, 3.63) is 22.7 Å². The minimum Gasteiger partial charge on any atom is -0.352 e. The van der Waals surface area contributed by atoms with Crippen LogP contribution in [0.3, 0.4) is 0 Å². The number of rotatable bonds is 4. The second-order valence-corrected chi connectivity index (χ2v) is 6.30. The van der Waals surface area contributed by atoms with Crippen LogP contribution in [0.5, 0.6) is 0 Å². The average Bonchev–Trinajstić information content (AvgIpc) is 3.04. The molecule has 2 atom stereocenters. The SMILES string of the molecule is CCCn1ccnc(N2CCCC(C3CCCN3)C2)c1=O. The van der Waals surface area contributed by atoms with Crippen LogP contribution in [0.4, 0.5) is 5.82 Å². The van der Waals surface area contributed by atoms with Crippen molar-refractivity contribution in [1.82, 2.24) is 14.9 Å². The average molecular weight is 290 g/mol. The van der Waals surface area contributed by atoms with Crippen molar-refractivity contribution in [1.29, 1.82) is 0 Å². The zero-order valence-corrected chi connectivity index (χ0v) is 12.9. The number of anilines is 1. The van der Waals surface area contributed by atoms with Crippen molar-refractivity contribution in [2.75, 3.05) is 24.5 Å². The molecule has 5 heteroatoms. The summed E-state index contributed by atoms with van der Waals surface area (Å²) < 4.78 is 1.79. The van der Waals surface area contributed by atoms with E-state index in [1.165, 1.54) is 19.3 Å². The van der Waals surface area contributed by atoms with Crippen LogP contribution in [-0.2, 0) is 6.54 Å². The predicted octanol–water partition coefficient (Wildman–Crippen LogP) is 1.62. The van der Waals surface area contributed by atoms with Crippen molar-refractivity contribution in [2.45, 2.75) is 51.6 Å². The van der Waals surface area contributed by atoms with Crippen LogP contribution in [0.15, 0.2) is 17.2 Å². The first-order valence-electron chi connectivity index (χ1n) is 8.33. The fraction of sp³-hybridized carbons (Fsp3) is 0.750. The number of nitrogens with one attached hydrogen (secondary N) is 1. The number of hydrogen-bond donors (Lipinski definition) is 1. The van der Waals surface area contributed by atoms with Gasteiger partial charge in [-0.3, -0.25) is 4.79 Å². The lowest BCUT2D eigenvalue weighted by atomic mass is 9.90. The quantitative estimate of drug-likeness (QED) is 0.915. The van der Waals surface area contributed by atoms with Gasteiger partial charge in [-0.1, -0.05) is 6.92 Å². The third kappa shape index (κ3) is 3.12.